The summed E-state index contributed by atoms with van der Waals surface area (Å²) in [5, 5.41) is 6.10. The first kappa shape index (κ1) is 24.4. The highest BCUT2D eigenvalue weighted by Gasteiger charge is 2.35. The summed E-state index contributed by atoms with van der Waals surface area (Å²) in [5.41, 5.74) is 1.44. The molecule has 0 unspecified atom stereocenters. The molecule has 2 aromatic carbocycles. The zero-order valence-corrected chi connectivity index (χ0v) is 19.8. The topological polar surface area (TPSA) is 79.3 Å². The van der Waals surface area contributed by atoms with Crippen LogP contribution in [0.3, 0.4) is 0 Å². The zero-order valence-electron chi connectivity index (χ0n) is 19.8. The molecule has 4 aromatic rings. The van der Waals surface area contributed by atoms with Crippen LogP contribution in [-0.4, -0.2) is 37.8 Å². The summed E-state index contributed by atoms with van der Waals surface area (Å²) in [5.74, 6) is 0.145. The Morgan fingerprint density at radius 2 is 1.84 bits per heavy atom. The smallest absolute Gasteiger partial charge is 0.417 e. The Labute approximate surface area is 209 Å². The van der Waals surface area contributed by atoms with E-state index in [2.05, 4.69) is 25.0 Å². The SMILES string of the molecule is CCCOc1ccc(-c2ncc(CN3Cc4[nH]c(-c5ccccc5F)nc4C=N3)cn2)c(C(F)(F)F)c1. The molecule has 0 saturated carbocycles. The molecule has 0 saturated heterocycles. The summed E-state index contributed by atoms with van der Waals surface area (Å²) in [6.07, 6.45) is 0.629. The molecule has 37 heavy (non-hydrogen) atoms. The summed E-state index contributed by atoms with van der Waals surface area (Å²) in [6.45, 7) is 2.90. The summed E-state index contributed by atoms with van der Waals surface area (Å²) in [4.78, 5) is 15.9. The van der Waals surface area contributed by atoms with Gasteiger partial charge in [-0.3, -0.25) is 5.01 Å². The Morgan fingerprint density at radius 1 is 1.05 bits per heavy atom. The summed E-state index contributed by atoms with van der Waals surface area (Å²) < 4.78 is 60.6. The van der Waals surface area contributed by atoms with Crippen LogP contribution in [0.1, 0.15) is 35.9 Å². The molecule has 0 atom stereocenters. The standard InChI is InChI=1S/C26H22F4N6O/c1-2-9-37-17-7-8-18(20(10-17)26(28,29)30)24-31-11-16(12-32-24)14-36-15-23-22(13-33-36)34-25(35-23)19-5-3-4-6-21(19)27/h3-8,10-13H,2,9,14-15H2,1H3,(H,34,35). The number of hydrogen-bond donors (Lipinski definition) is 1. The van der Waals surface area contributed by atoms with Gasteiger partial charge in [-0.2, -0.15) is 18.3 Å². The number of rotatable bonds is 7. The predicted octanol–water partition coefficient (Wildman–Crippen LogP) is 5.83. The minimum Gasteiger partial charge on any atom is -0.494 e. The zero-order chi connectivity index (χ0) is 26.0. The van der Waals surface area contributed by atoms with Crippen molar-refractivity contribution in [1.82, 2.24) is 24.9 Å². The fourth-order valence-electron chi connectivity index (χ4n) is 3.94. The van der Waals surface area contributed by atoms with Crippen molar-refractivity contribution in [3.63, 3.8) is 0 Å². The number of aromatic amines is 1. The van der Waals surface area contributed by atoms with E-state index in [-0.39, 0.29) is 23.0 Å². The number of H-pyrrole nitrogens is 1. The Bertz CT molecular complexity index is 1430. The second-order valence-corrected chi connectivity index (χ2v) is 8.46. The maximum absolute atomic E-state index is 14.1. The molecule has 7 nitrogen and oxygen atoms in total. The first-order valence-electron chi connectivity index (χ1n) is 11.6. The van der Waals surface area contributed by atoms with Gasteiger partial charge in [-0.25, -0.2) is 19.3 Å². The van der Waals surface area contributed by atoms with Crippen molar-refractivity contribution in [2.75, 3.05) is 6.61 Å². The van der Waals surface area contributed by atoms with Crippen molar-refractivity contribution in [2.24, 2.45) is 5.10 Å². The van der Waals surface area contributed by atoms with Gasteiger partial charge in [0, 0.05) is 23.5 Å². The molecular weight excluding hydrogens is 488 g/mol. The Hall–Kier alpha value is -4.28. The second kappa shape index (κ2) is 10.00. The molecule has 5 rings (SSSR count). The van der Waals surface area contributed by atoms with Crippen molar-refractivity contribution in [3.05, 3.63) is 83.2 Å². The highest BCUT2D eigenvalue weighted by molar-refractivity contribution is 5.80. The monoisotopic (exact) mass is 510 g/mol. The summed E-state index contributed by atoms with van der Waals surface area (Å²) in [7, 11) is 0. The van der Waals surface area contributed by atoms with Crippen LogP contribution >= 0.6 is 0 Å². The van der Waals surface area contributed by atoms with E-state index in [0.29, 0.717) is 48.8 Å². The van der Waals surface area contributed by atoms with Crippen molar-refractivity contribution in [3.8, 4) is 28.5 Å². The minimum absolute atomic E-state index is 0.0364. The molecule has 0 aliphatic carbocycles. The van der Waals surface area contributed by atoms with Gasteiger partial charge in [-0.15, -0.1) is 0 Å². The van der Waals surface area contributed by atoms with Crippen molar-refractivity contribution in [2.45, 2.75) is 32.6 Å². The minimum atomic E-state index is -4.59. The van der Waals surface area contributed by atoms with Gasteiger partial charge >= 0.3 is 6.18 Å². The van der Waals surface area contributed by atoms with Crippen LogP contribution in [-0.2, 0) is 19.3 Å². The fraction of sp³-hybridized carbons (Fsp3) is 0.231. The fourth-order valence-corrected chi connectivity index (χ4v) is 3.94. The van der Waals surface area contributed by atoms with Crippen LogP contribution in [0.2, 0.25) is 0 Å². The quantitative estimate of drug-likeness (QED) is 0.317. The molecule has 0 spiro atoms. The van der Waals surface area contributed by atoms with Crippen molar-refractivity contribution < 1.29 is 22.3 Å². The number of fused-ring (bicyclic) bond motifs is 1. The van der Waals surface area contributed by atoms with E-state index >= 15 is 0 Å². The van der Waals surface area contributed by atoms with Gasteiger partial charge in [0.25, 0.3) is 0 Å². The highest BCUT2D eigenvalue weighted by atomic mass is 19.4. The third kappa shape index (κ3) is 5.30. The molecule has 11 heteroatoms. The molecule has 0 fully saturated rings. The maximum Gasteiger partial charge on any atom is 0.417 e. The number of alkyl halides is 3. The van der Waals surface area contributed by atoms with Gasteiger partial charge < -0.3 is 9.72 Å². The lowest BCUT2D eigenvalue weighted by Gasteiger charge is -2.21. The normalized spacial score (nSPS) is 13.1. The first-order valence-corrected chi connectivity index (χ1v) is 11.6. The maximum atomic E-state index is 14.1. The van der Waals surface area contributed by atoms with E-state index in [4.69, 9.17) is 4.74 Å². The van der Waals surface area contributed by atoms with E-state index in [1.54, 1.807) is 29.4 Å². The van der Waals surface area contributed by atoms with Gasteiger partial charge in [-0.1, -0.05) is 19.1 Å². The van der Waals surface area contributed by atoms with Gasteiger partial charge in [-0.05, 0) is 36.8 Å². The first-order chi connectivity index (χ1) is 17.8. The second-order valence-electron chi connectivity index (χ2n) is 8.46. The van der Waals surface area contributed by atoms with Crippen LogP contribution in [0.4, 0.5) is 17.6 Å². The van der Waals surface area contributed by atoms with Gasteiger partial charge in [0.1, 0.15) is 23.1 Å². The van der Waals surface area contributed by atoms with E-state index in [0.717, 1.165) is 11.8 Å². The van der Waals surface area contributed by atoms with E-state index in [9.17, 15) is 17.6 Å². The number of aromatic nitrogens is 4. The Kier molecular flexibility index (Phi) is 6.60. The molecule has 1 aliphatic rings. The lowest BCUT2D eigenvalue weighted by atomic mass is 10.1. The molecular formula is C26H22F4N6O. The Morgan fingerprint density at radius 3 is 2.57 bits per heavy atom. The molecule has 190 valence electrons. The number of nitrogens with one attached hydrogen (secondary N) is 1. The lowest BCUT2D eigenvalue weighted by Crippen LogP contribution is -2.21. The number of benzene rings is 2. The van der Waals surface area contributed by atoms with Crippen LogP contribution in [0.15, 0.2) is 60.0 Å². The molecule has 3 heterocycles. The van der Waals surface area contributed by atoms with Gasteiger partial charge in [0.05, 0.1) is 42.7 Å². The molecule has 0 bridgehead atoms. The van der Waals surface area contributed by atoms with Crippen LogP contribution in [0.5, 0.6) is 5.75 Å². The van der Waals surface area contributed by atoms with E-state index < -0.39 is 11.7 Å². The van der Waals surface area contributed by atoms with Crippen molar-refractivity contribution >= 4 is 6.21 Å². The largest absolute Gasteiger partial charge is 0.494 e. The van der Waals surface area contributed by atoms with Crippen LogP contribution < -0.4 is 4.74 Å². The van der Waals surface area contributed by atoms with Crippen LogP contribution in [0.25, 0.3) is 22.8 Å². The Balaban J connectivity index is 1.31. The predicted molar refractivity (Wildman–Crippen MR) is 129 cm³/mol. The summed E-state index contributed by atoms with van der Waals surface area (Å²) in [6, 6.07) is 10.1. The van der Waals surface area contributed by atoms with Crippen molar-refractivity contribution in [1.29, 1.82) is 0 Å². The van der Waals surface area contributed by atoms with E-state index in [1.165, 1.54) is 30.6 Å². The lowest BCUT2D eigenvalue weighted by molar-refractivity contribution is -0.137. The van der Waals surface area contributed by atoms with Crippen LogP contribution in [0, 0.1) is 5.82 Å². The molecule has 1 aliphatic heterocycles. The van der Waals surface area contributed by atoms with Gasteiger partial charge in [0.2, 0.25) is 0 Å². The molecule has 0 amide bonds. The third-order valence-electron chi connectivity index (χ3n) is 5.70. The number of hydrogen-bond acceptors (Lipinski definition) is 6. The number of nitrogens with zero attached hydrogens (tertiary/aromatic N) is 5. The van der Waals surface area contributed by atoms with Gasteiger partial charge in [0.15, 0.2) is 5.82 Å². The number of hydrazone groups is 1. The summed E-state index contributed by atoms with van der Waals surface area (Å²) >= 11 is 0. The highest BCUT2D eigenvalue weighted by Crippen LogP contribution is 2.38. The average molecular weight is 510 g/mol. The number of ether oxygens (including phenoxy) is 1. The number of imidazole rings is 1. The molecule has 2 aromatic heterocycles. The average Bonchev–Trinajstić information content (AvgIpc) is 3.31. The van der Waals surface area contributed by atoms with E-state index in [1.807, 2.05) is 6.92 Å². The molecule has 1 N–H and O–H groups in total. The molecule has 0 radical (unpaired) electrons. The third-order valence-corrected chi connectivity index (χ3v) is 5.70. The number of halogens is 4.